The number of anilines is 1. The molecule has 0 heterocycles. The molecule has 7 nitrogen and oxygen atoms in total. The van der Waals surface area contributed by atoms with E-state index < -0.39 is 16.7 Å². The lowest BCUT2D eigenvalue weighted by Gasteiger charge is -2.18. The second-order valence-corrected chi connectivity index (χ2v) is 4.08. The van der Waals surface area contributed by atoms with Gasteiger partial charge in [0, 0.05) is 25.3 Å². The van der Waals surface area contributed by atoms with Gasteiger partial charge in [0.05, 0.1) is 16.9 Å². The van der Waals surface area contributed by atoms with Gasteiger partial charge in [-0.25, -0.2) is 0 Å². The van der Waals surface area contributed by atoms with Crippen molar-refractivity contribution in [3.05, 3.63) is 33.9 Å². The fraction of sp³-hybridized carbons (Fsp3) is 0.333. The van der Waals surface area contributed by atoms with Gasteiger partial charge in [-0.05, 0) is 19.1 Å². The van der Waals surface area contributed by atoms with E-state index in [1.165, 1.54) is 25.1 Å². The molecule has 0 aliphatic heterocycles. The summed E-state index contributed by atoms with van der Waals surface area (Å²) in [5, 5.41) is 19.4. The van der Waals surface area contributed by atoms with Gasteiger partial charge in [-0.3, -0.25) is 19.7 Å². The number of ketones is 1. The first-order valence-corrected chi connectivity index (χ1v) is 5.55. The van der Waals surface area contributed by atoms with Crippen molar-refractivity contribution in [3.8, 4) is 0 Å². The van der Waals surface area contributed by atoms with Gasteiger partial charge in [0.15, 0.2) is 5.78 Å². The van der Waals surface area contributed by atoms with Crippen LogP contribution in [0, 0.1) is 10.1 Å². The van der Waals surface area contributed by atoms with Crippen LogP contribution in [-0.4, -0.2) is 35.4 Å². The number of nitrogens with zero attached hydrogens (tertiary/aromatic N) is 2. The maximum Gasteiger partial charge on any atom is 0.305 e. The quantitative estimate of drug-likeness (QED) is 0.478. The fourth-order valence-corrected chi connectivity index (χ4v) is 1.60. The molecule has 1 aromatic rings. The van der Waals surface area contributed by atoms with Crippen LogP contribution in [-0.2, 0) is 4.79 Å². The molecule has 0 fully saturated rings. The van der Waals surface area contributed by atoms with Gasteiger partial charge in [0.1, 0.15) is 0 Å². The fourth-order valence-electron chi connectivity index (χ4n) is 1.60. The second kappa shape index (κ2) is 5.94. The number of nitro groups is 1. The molecule has 0 aromatic heterocycles. The summed E-state index contributed by atoms with van der Waals surface area (Å²) in [7, 11) is 1.66. The second-order valence-electron chi connectivity index (χ2n) is 4.08. The summed E-state index contributed by atoms with van der Waals surface area (Å²) in [4.78, 5) is 33.7. The van der Waals surface area contributed by atoms with Crippen molar-refractivity contribution < 1.29 is 19.6 Å². The van der Waals surface area contributed by atoms with E-state index in [1.807, 2.05) is 0 Å². The predicted octanol–water partition coefficient (Wildman–Crippen LogP) is 1.71. The zero-order chi connectivity index (χ0) is 14.6. The van der Waals surface area contributed by atoms with Crippen molar-refractivity contribution in [3.63, 3.8) is 0 Å². The van der Waals surface area contributed by atoms with Gasteiger partial charge in [0.2, 0.25) is 0 Å². The Morgan fingerprint density at radius 1 is 1.42 bits per heavy atom. The molecule has 0 radical (unpaired) electrons. The molecule has 0 bridgehead atoms. The van der Waals surface area contributed by atoms with E-state index in [-0.39, 0.29) is 24.2 Å². The van der Waals surface area contributed by atoms with E-state index in [2.05, 4.69) is 0 Å². The molecule has 1 aromatic carbocycles. The highest BCUT2D eigenvalue weighted by Crippen LogP contribution is 2.25. The normalized spacial score (nSPS) is 10.0. The highest BCUT2D eigenvalue weighted by Gasteiger charge is 2.18. The van der Waals surface area contributed by atoms with Crippen LogP contribution >= 0.6 is 0 Å². The molecule has 0 aliphatic carbocycles. The topological polar surface area (TPSA) is 101 Å². The summed E-state index contributed by atoms with van der Waals surface area (Å²) >= 11 is 0. The molecule has 7 heteroatoms. The molecule has 0 saturated heterocycles. The van der Waals surface area contributed by atoms with Gasteiger partial charge < -0.3 is 10.0 Å². The summed E-state index contributed by atoms with van der Waals surface area (Å²) in [6.45, 7) is 1.51. The van der Waals surface area contributed by atoms with Crippen molar-refractivity contribution in [2.24, 2.45) is 0 Å². The van der Waals surface area contributed by atoms with Crippen molar-refractivity contribution in [1.29, 1.82) is 0 Å². The summed E-state index contributed by atoms with van der Waals surface area (Å²) in [6.07, 6.45) is -0.0527. The lowest BCUT2D eigenvalue weighted by molar-refractivity contribution is -0.385. The van der Waals surface area contributed by atoms with Gasteiger partial charge in [0.25, 0.3) is 5.69 Å². The Morgan fingerprint density at radius 3 is 2.53 bits per heavy atom. The van der Waals surface area contributed by atoms with Gasteiger partial charge in [-0.15, -0.1) is 0 Å². The molecule has 102 valence electrons. The monoisotopic (exact) mass is 266 g/mol. The van der Waals surface area contributed by atoms with Crippen molar-refractivity contribution in [2.75, 3.05) is 18.5 Å². The van der Waals surface area contributed by atoms with Crippen LogP contribution in [0.5, 0.6) is 0 Å². The lowest BCUT2D eigenvalue weighted by Crippen LogP contribution is -2.21. The molecule has 0 atom stereocenters. The molecule has 0 amide bonds. The van der Waals surface area contributed by atoms with Gasteiger partial charge >= 0.3 is 5.97 Å². The van der Waals surface area contributed by atoms with Crippen LogP contribution in [0.4, 0.5) is 11.4 Å². The van der Waals surface area contributed by atoms with E-state index in [0.717, 1.165) is 0 Å². The third-order valence-electron chi connectivity index (χ3n) is 2.66. The lowest BCUT2D eigenvalue weighted by atomic mass is 10.1. The molecule has 1 N–H and O–H groups in total. The predicted molar refractivity (Wildman–Crippen MR) is 68.6 cm³/mol. The van der Waals surface area contributed by atoms with E-state index in [0.29, 0.717) is 5.69 Å². The number of carbonyl (C=O) groups is 2. The van der Waals surface area contributed by atoms with Crippen molar-refractivity contribution >= 4 is 23.1 Å². The summed E-state index contributed by atoms with van der Waals surface area (Å²) in [5.41, 5.74) is 0.338. The zero-order valence-corrected chi connectivity index (χ0v) is 10.6. The van der Waals surface area contributed by atoms with Crippen LogP contribution in [0.1, 0.15) is 23.7 Å². The smallest absolute Gasteiger partial charge is 0.305 e. The average Bonchev–Trinajstić information content (AvgIpc) is 2.34. The minimum Gasteiger partial charge on any atom is -0.481 e. The number of carbonyl (C=O) groups excluding carboxylic acids is 1. The zero-order valence-electron chi connectivity index (χ0n) is 10.6. The highest BCUT2D eigenvalue weighted by atomic mass is 16.6. The standard InChI is InChI=1S/C12H14N2O5/c1-8(15)10-7-9(3-4-11(10)14(18)19)13(2)6-5-12(16)17/h3-4,7H,5-6H2,1-2H3,(H,16,17). The number of carboxylic acids is 1. The maximum absolute atomic E-state index is 11.4. The van der Waals surface area contributed by atoms with E-state index in [1.54, 1.807) is 11.9 Å². The minimum absolute atomic E-state index is 0.0182. The molecule has 0 aliphatic rings. The Bertz CT molecular complexity index is 527. The summed E-state index contributed by atoms with van der Waals surface area (Å²) < 4.78 is 0. The molecular formula is C12H14N2O5. The average molecular weight is 266 g/mol. The largest absolute Gasteiger partial charge is 0.481 e. The number of benzene rings is 1. The number of nitro benzene ring substituents is 1. The first-order valence-electron chi connectivity index (χ1n) is 5.55. The summed E-state index contributed by atoms with van der Waals surface area (Å²) in [5.74, 6) is -1.33. The molecule has 0 spiro atoms. The highest BCUT2D eigenvalue weighted by molar-refractivity contribution is 5.99. The number of hydrogen-bond donors (Lipinski definition) is 1. The van der Waals surface area contributed by atoms with Crippen LogP contribution < -0.4 is 4.90 Å². The Kier molecular flexibility index (Phi) is 4.57. The molecule has 1 rings (SSSR count). The van der Waals surface area contributed by atoms with E-state index in [9.17, 15) is 19.7 Å². The van der Waals surface area contributed by atoms with Crippen LogP contribution in [0.25, 0.3) is 0 Å². The number of rotatable bonds is 6. The number of carboxylic acid groups (broad SMARTS) is 1. The maximum atomic E-state index is 11.4. The Balaban J connectivity index is 3.04. The van der Waals surface area contributed by atoms with E-state index in [4.69, 9.17) is 5.11 Å². The molecule has 19 heavy (non-hydrogen) atoms. The Morgan fingerprint density at radius 2 is 2.05 bits per heavy atom. The van der Waals surface area contributed by atoms with Crippen molar-refractivity contribution in [1.82, 2.24) is 0 Å². The van der Waals surface area contributed by atoms with Crippen LogP contribution in [0.15, 0.2) is 18.2 Å². The molecule has 0 saturated carbocycles. The summed E-state index contributed by atoms with van der Waals surface area (Å²) in [6, 6.07) is 4.15. The van der Waals surface area contributed by atoms with E-state index >= 15 is 0 Å². The third kappa shape index (κ3) is 3.77. The molecule has 0 unspecified atom stereocenters. The molecular weight excluding hydrogens is 252 g/mol. The van der Waals surface area contributed by atoms with Gasteiger partial charge in [-0.1, -0.05) is 0 Å². The minimum atomic E-state index is -0.930. The Labute approximate surface area is 109 Å². The number of hydrogen-bond acceptors (Lipinski definition) is 5. The Hall–Kier alpha value is -2.44. The number of aliphatic carboxylic acids is 1. The van der Waals surface area contributed by atoms with Crippen LogP contribution in [0.3, 0.4) is 0 Å². The first kappa shape index (κ1) is 14.6. The van der Waals surface area contributed by atoms with Gasteiger partial charge in [-0.2, -0.15) is 0 Å². The first-order chi connectivity index (χ1) is 8.82. The third-order valence-corrected chi connectivity index (χ3v) is 2.66. The van der Waals surface area contributed by atoms with Crippen molar-refractivity contribution in [2.45, 2.75) is 13.3 Å². The van der Waals surface area contributed by atoms with Crippen LogP contribution in [0.2, 0.25) is 0 Å². The number of Topliss-reactive ketones (excluding diaryl/α,β-unsaturated/α-hetero) is 1. The SMILES string of the molecule is CC(=O)c1cc(N(C)CCC(=O)O)ccc1[N+](=O)[O-].